The number of amides is 1. The molecule has 3 nitrogen and oxygen atoms in total. The third kappa shape index (κ3) is 5.39. The van der Waals surface area contributed by atoms with E-state index in [-0.39, 0.29) is 17.4 Å². The second-order valence-corrected chi connectivity index (χ2v) is 7.72. The molecule has 0 aliphatic heterocycles. The SMILES string of the molecule is C[C@@H](NC(=O)c1ccc(SCc2ccccc2)nc1)C(C)(C)C. The van der Waals surface area contributed by atoms with Gasteiger partial charge in [-0.15, -0.1) is 11.8 Å². The van der Waals surface area contributed by atoms with Gasteiger partial charge < -0.3 is 5.32 Å². The van der Waals surface area contributed by atoms with Crippen molar-refractivity contribution in [3.8, 4) is 0 Å². The van der Waals surface area contributed by atoms with Gasteiger partial charge in [0.05, 0.1) is 10.6 Å². The van der Waals surface area contributed by atoms with E-state index in [1.165, 1.54) is 5.56 Å². The highest BCUT2D eigenvalue weighted by Crippen LogP contribution is 2.21. The predicted molar refractivity (Wildman–Crippen MR) is 96.6 cm³/mol. The molecule has 0 saturated carbocycles. The standard InChI is InChI=1S/C19H24N2OS/c1-14(19(2,3)4)21-18(22)16-10-11-17(20-12-16)23-13-15-8-6-5-7-9-15/h5-12,14H,13H2,1-4H3,(H,21,22)/t14-/m1/s1. The lowest BCUT2D eigenvalue weighted by Gasteiger charge is -2.28. The first-order valence-electron chi connectivity index (χ1n) is 7.80. The van der Waals surface area contributed by atoms with Crippen LogP contribution in [-0.2, 0) is 5.75 Å². The van der Waals surface area contributed by atoms with Crippen LogP contribution in [0.5, 0.6) is 0 Å². The van der Waals surface area contributed by atoms with Crippen LogP contribution in [0.4, 0.5) is 0 Å². The quantitative estimate of drug-likeness (QED) is 0.819. The monoisotopic (exact) mass is 328 g/mol. The van der Waals surface area contributed by atoms with E-state index < -0.39 is 0 Å². The van der Waals surface area contributed by atoms with Gasteiger partial charge in [-0.2, -0.15) is 0 Å². The van der Waals surface area contributed by atoms with Gasteiger partial charge in [0, 0.05) is 18.0 Å². The van der Waals surface area contributed by atoms with Crippen LogP contribution >= 0.6 is 11.8 Å². The summed E-state index contributed by atoms with van der Waals surface area (Å²) >= 11 is 1.67. The van der Waals surface area contributed by atoms with E-state index in [2.05, 4.69) is 43.2 Å². The van der Waals surface area contributed by atoms with Gasteiger partial charge in [0.15, 0.2) is 0 Å². The number of nitrogens with zero attached hydrogens (tertiary/aromatic N) is 1. The van der Waals surface area contributed by atoms with Crippen LogP contribution in [-0.4, -0.2) is 16.9 Å². The zero-order valence-electron chi connectivity index (χ0n) is 14.2. The summed E-state index contributed by atoms with van der Waals surface area (Å²) in [6, 6.07) is 14.1. The van der Waals surface area contributed by atoms with Crippen molar-refractivity contribution in [3.63, 3.8) is 0 Å². The largest absolute Gasteiger partial charge is 0.349 e. The van der Waals surface area contributed by atoms with Gasteiger partial charge in [0.25, 0.3) is 5.91 Å². The zero-order chi connectivity index (χ0) is 16.9. The number of nitrogens with one attached hydrogen (secondary N) is 1. The molecule has 1 aromatic heterocycles. The molecule has 0 unspecified atom stereocenters. The van der Waals surface area contributed by atoms with Crippen LogP contribution in [0.3, 0.4) is 0 Å². The summed E-state index contributed by atoms with van der Waals surface area (Å²) in [5.41, 5.74) is 1.90. The summed E-state index contributed by atoms with van der Waals surface area (Å²) in [6.45, 7) is 8.36. The molecule has 2 aromatic rings. The molecule has 2 rings (SSSR count). The number of pyridine rings is 1. The Balaban J connectivity index is 1.92. The number of carbonyl (C=O) groups excluding carboxylic acids is 1. The molecule has 0 spiro atoms. The molecule has 1 N–H and O–H groups in total. The van der Waals surface area contributed by atoms with Crippen LogP contribution in [0.15, 0.2) is 53.7 Å². The van der Waals surface area contributed by atoms with E-state index >= 15 is 0 Å². The van der Waals surface area contributed by atoms with Crippen molar-refractivity contribution in [1.82, 2.24) is 10.3 Å². The Morgan fingerprint density at radius 3 is 2.43 bits per heavy atom. The molecule has 23 heavy (non-hydrogen) atoms. The van der Waals surface area contributed by atoms with E-state index in [1.807, 2.05) is 37.3 Å². The molecule has 0 aliphatic carbocycles. The van der Waals surface area contributed by atoms with Crippen LogP contribution in [0.1, 0.15) is 43.6 Å². The van der Waals surface area contributed by atoms with Crippen LogP contribution in [0.25, 0.3) is 0 Å². The fourth-order valence-electron chi connectivity index (χ4n) is 1.83. The molecule has 0 saturated heterocycles. The highest BCUT2D eigenvalue weighted by atomic mass is 32.2. The predicted octanol–water partition coefficient (Wildman–Crippen LogP) is 4.54. The number of carbonyl (C=O) groups is 1. The summed E-state index contributed by atoms with van der Waals surface area (Å²) in [6.07, 6.45) is 1.65. The highest BCUT2D eigenvalue weighted by Gasteiger charge is 2.22. The Morgan fingerprint density at radius 2 is 1.87 bits per heavy atom. The minimum Gasteiger partial charge on any atom is -0.349 e. The van der Waals surface area contributed by atoms with E-state index in [0.29, 0.717) is 5.56 Å². The van der Waals surface area contributed by atoms with Crippen molar-refractivity contribution >= 4 is 17.7 Å². The normalized spacial score (nSPS) is 12.7. The van der Waals surface area contributed by atoms with Gasteiger partial charge in [0.1, 0.15) is 0 Å². The molecule has 0 fully saturated rings. The van der Waals surface area contributed by atoms with Crippen LogP contribution in [0.2, 0.25) is 0 Å². The molecule has 0 aliphatic rings. The van der Waals surface area contributed by atoms with E-state index in [0.717, 1.165) is 10.8 Å². The second kappa shape index (κ2) is 7.64. The van der Waals surface area contributed by atoms with Crippen molar-refractivity contribution < 1.29 is 4.79 Å². The number of rotatable bonds is 5. The Bertz CT molecular complexity index is 633. The molecule has 0 bridgehead atoms. The van der Waals surface area contributed by atoms with E-state index in [9.17, 15) is 4.79 Å². The van der Waals surface area contributed by atoms with Crippen LogP contribution < -0.4 is 5.32 Å². The zero-order valence-corrected chi connectivity index (χ0v) is 15.0. The first-order chi connectivity index (χ1) is 10.9. The molecule has 4 heteroatoms. The summed E-state index contributed by atoms with van der Waals surface area (Å²) in [7, 11) is 0. The molecular formula is C19H24N2OS. The van der Waals surface area contributed by atoms with Crippen molar-refractivity contribution in [2.24, 2.45) is 5.41 Å². The lowest BCUT2D eigenvalue weighted by atomic mass is 9.88. The van der Waals surface area contributed by atoms with Gasteiger partial charge in [0.2, 0.25) is 0 Å². The third-order valence-corrected chi connectivity index (χ3v) is 4.89. The number of hydrogen-bond acceptors (Lipinski definition) is 3. The molecule has 1 aromatic carbocycles. The Hall–Kier alpha value is -1.81. The Labute approximate surface area is 142 Å². The van der Waals surface area contributed by atoms with Crippen molar-refractivity contribution in [3.05, 3.63) is 59.8 Å². The lowest BCUT2D eigenvalue weighted by Crippen LogP contribution is -2.41. The minimum atomic E-state index is -0.0699. The summed E-state index contributed by atoms with van der Waals surface area (Å²) in [5.74, 6) is 0.806. The number of thioether (sulfide) groups is 1. The molecule has 0 radical (unpaired) electrons. The Morgan fingerprint density at radius 1 is 1.17 bits per heavy atom. The smallest absolute Gasteiger partial charge is 0.253 e. The summed E-state index contributed by atoms with van der Waals surface area (Å²) in [5, 5.41) is 3.95. The van der Waals surface area contributed by atoms with E-state index in [4.69, 9.17) is 0 Å². The maximum Gasteiger partial charge on any atom is 0.253 e. The average molecular weight is 328 g/mol. The topological polar surface area (TPSA) is 42.0 Å². The lowest BCUT2D eigenvalue weighted by molar-refractivity contribution is 0.0909. The molecule has 1 atom stereocenters. The molecule has 1 amide bonds. The highest BCUT2D eigenvalue weighted by molar-refractivity contribution is 7.98. The van der Waals surface area contributed by atoms with Crippen molar-refractivity contribution in [1.29, 1.82) is 0 Å². The number of hydrogen-bond donors (Lipinski definition) is 1. The molecular weight excluding hydrogens is 304 g/mol. The second-order valence-electron chi connectivity index (χ2n) is 6.72. The summed E-state index contributed by atoms with van der Waals surface area (Å²) in [4.78, 5) is 16.6. The average Bonchev–Trinajstić information content (AvgIpc) is 2.53. The summed E-state index contributed by atoms with van der Waals surface area (Å²) < 4.78 is 0. The van der Waals surface area contributed by atoms with Gasteiger partial charge in [-0.3, -0.25) is 4.79 Å². The maximum atomic E-state index is 12.2. The fraction of sp³-hybridized carbons (Fsp3) is 0.368. The number of aromatic nitrogens is 1. The molecule has 1 heterocycles. The van der Waals surface area contributed by atoms with Gasteiger partial charge in [-0.25, -0.2) is 4.98 Å². The fourth-order valence-corrected chi connectivity index (χ4v) is 2.63. The number of benzene rings is 1. The van der Waals surface area contributed by atoms with Gasteiger partial charge in [-0.1, -0.05) is 51.1 Å². The third-order valence-electron chi connectivity index (χ3n) is 3.87. The van der Waals surface area contributed by atoms with Crippen LogP contribution in [0, 0.1) is 5.41 Å². The van der Waals surface area contributed by atoms with Crippen molar-refractivity contribution in [2.45, 2.75) is 44.5 Å². The van der Waals surface area contributed by atoms with Gasteiger partial charge >= 0.3 is 0 Å². The van der Waals surface area contributed by atoms with Gasteiger partial charge in [-0.05, 0) is 30.0 Å². The van der Waals surface area contributed by atoms with E-state index in [1.54, 1.807) is 18.0 Å². The minimum absolute atomic E-state index is 0.0363. The Kier molecular flexibility index (Phi) is 5.83. The van der Waals surface area contributed by atoms with Crippen molar-refractivity contribution in [2.75, 3.05) is 0 Å². The first kappa shape index (κ1) is 17.5. The maximum absolute atomic E-state index is 12.2. The first-order valence-corrected chi connectivity index (χ1v) is 8.78. The molecule has 122 valence electrons.